The highest BCUT2D eigenvalue weighted by atomic mass is 16.4. The molecule has 0 spiro atoms. The first-order valence-electron chi connectivity index (χ1n) is 12.2. The van der Waals surface area contributed by atoms with Crippen LogP contribution in [0, 0.1) is 18.3 Å². The maximum Gasteiger partial charge on any atom is 0.337 e. The average molecular weight is 494 g/mol. The van der Waals surface area contributed by atoms with Crippen LogP contribution in [-0.2, 0) is 0 Å². The van der Waals surface area contributed by atoms with Crippen molar-refractivity contribution in [3.8, 4) is 6.07 Å². The van der Waals surface area contributed by atoms with Crippen molar-refractivity contribution in [3.05, 3.63) is 83.3 Å². The molecule has 0 aliphatic carbocycles. The van der Waals surface area contributed by atoms with Gasteiger partial charge in [0.05, 0.1) is 34.5 Å². The molecule has 0 bridgehead atoms. The number of nitriles is 1. The summed E-state index contributed by atoms with van der Waals surface area (Å²) in [7, 11) is 0. The van der Waals surface area contributed by atoms with E-state index in [1.54, 1.807) is 30.5 Å². The maximum absolute atomic E-state index is 11.7. The van der Waals surface area contributed by atoms with Gasteiger partial charge in [0.2, 0.25) is 0 Å². The third-order valence-electron chi connectivity index (χ3n) is 6.62. The van der Waals surface area contributed by atoms with Crippen LogP contribution >= 0.6 is 0 Å². The lowest BCUT2D eigenvalue weighted by Gasteiger charge is -2.36. The van der Waals surface area contributed by atoms with Crippen molar-refractivity contribution in [2.75, 3.05) is 41.3 Å². The number of carboxylic acid groups (broad SMARTS) is 1. The van der Waals surface area contributed by atoms with E-state index >= 15 is 0 Å². The van der Waals surface area contributed by atoms with Gasteiger partial charge in [-0.05, 0) is 49.7 Å². The zero-order valence-corrected chi connectivity index (χ0v) is 20.7. The molecular weight excluding hydrogens is 466 g/mol. The Kier molecular flexibility index (Phi) is 6.56. The second-order valence-corrected chi connectivity index (χ2v) is 9.13. The van der Waals surface area contributed by atoms with Crippen molar-refractivity contribution >= 4 is 34.2 Å². The predicted octanol–water partition coefficient (Wildman–Crippen LogP) is 4.40. The van der Waals surface area contributed by atoms with Gasteiger partial charge in [0, 0.05) is 43.6 Å². The first kappa shape index (κ1) is 24.0. The normalized spacial score (nSPS) is 14.3. The van der Waals surface area contributed by atoms with Crippen molar-refractivity contribution in [3.63, 3.8) is 0 Å². The molecule has 2 aromatic carbocycles. The number of piperazine rings is 1. The van der Waals surface area contributed by atoms with Gasteiger partial charge in [-0.3, -0.25) is 4.98 Å². The van der Waals surface area contributed by atoms with Gasteiger partial charge < -0.3 is 20.2 Å². The van der Waals surface area contributed by atoms with Gasteiger partial charge in [-0.2, -0.15) is 5.26 Å². The summed E-state index contributed by atoms with van der Waals surface area (Å²) in [6.07, 6.45) is 3.62. The van der Waals surface area contributed by atoms with Crippen molar-refractivity contribution in [2.24, 2.45) is 0 Å². The van der Waals surface area contributed by atoms with Crippen molar-refractivity contribution < 1.29 is 9.90 Å². The summed E-state index contributed by atoms with van der Waals surface area (Å²) < 4.78 is 0. The third-order valence-corrected chi connectivity index (χ3v) is 6.62. The molecule has 1 aliphatic rings. The number of aromatic nitrogens is 3. The van der Waals surface area contributed by atoms with E-state index in [1.165, 1.54) is 0 Å². The molecule has 4 aromatic rings. The first-order chi connectivity index (χ1) is 17.9. The number of benzene rings is 2. The number of rotatable bonds is 6. The highest BCUT2D eigenvalue weighted by Gasteiger charge is 2.24. The summed E-state index contributed by atoms with van der Waals surface area (Å²) in [6, 6.07) is 16.8. The zero-order chi connectivity index (χ0) is 25.9. The molecule has 1 fully saturated rings. The van der Waals surface area contributed by atoms with Crippen LogP contribution in [0.15, 0.2) is 60.9 Å². The molecule has 2 N–H and O–H groups in total. The number of nitrogens with one attached hydrogen (secondary N) is 1. The van der Waals surface area contributed by atoms with Gasteiger partial charge in [0.1, 0.15) is 6.07 Å². The Labute approximate surface area is 215 Å². The lowest BCUT2D eigenvalue weighted by Crippen LogP contribution is -2.47. The minimum Gasteiger partial charge on any atom is -0.478 e. The summed E-state index contributed by atoms with van der Waals surface area (Å²) in [5, 5.41) is 22.8. The summed E-state index contributed by atoms with van der Waals surface area (Å²) in [5.41, 5.74) is 5.33. The molecule has 0 unspecified atom stereocenters. The van der Waals surface area contributed by atoms with E-state index in [0.29, 0.717) is 41.3 Å². The number of hydrogen-bond acceptors (Lipinski definition) is 8. The number of aromatic carboxylic acids is 1. The number of hydrogen-bond donors (Lipinski definition) is 2. The van der Waals surface area contributed by atoms with Crippen molar-refractivity contribution in [1.29, 1.82) is 5.26 Å². The summed E-state index contributed by atoms with van der Waals surface area (Å²) >= 11 is 0. The fourth-order valence-corrected chi connectivity index (χ4v) is 4.77. The number of anilines is 3. The average Bonchev–Trinajstić information content (AvgIpc) is 2.92. The standard InChI is InChI=1S/C28H27N7O2/c1-18-14-22(19(2)31-23-8-4-3-7-21(23)28(36)37)26-24(15-18)32-25(16-29)27(33-26)35-12-10-34(11-13-35)20-6-5-9-30-17-20/h3-9,14-15,17,19,31H,10-13H2,1-2H3,(H,36,37)/t19-/m1/s1. The number of carbonyl (C=O) groups is 1. The number of carboxylic acids is 1. The van der Waals surface area contributed by atoms with Crippen LogP contribution in [-0.4, -0.2) is 52.2 Å². The Hall–Kier alpha value is -4.71. The number of pyridine rings is 1. The molecule has 3 heterocycles. The van der Waals surface area contributed by atoms with Crippen LogP contribution in [0.2, 0.25) is 0 Å². The van der Waals surface area contributed by atoms with Crippen LogP contribution in [0.4, 0.5) is 17.2 Å². The van der Waals surface area contributed by atoms with Gasteiger partial charge in [0.25, 0.3) is 0 Å². The molecule has 1 atom stereocenters. The Morgan fingerprint density at radius 2 is 1.84 bits per heavy atom. The van der Waals surface area contributed by atoms with E-state index in [-0.39, 0.29) is 11.6 Å². The van der Waals surface area contributed by atoms with E-state index in [2.05, 4.69) is 26.2 Å². The molecule has 5 rings (SSSR count). The largest absolute Gasteiger partial charge is 0.478 e. The first-order valence-corrected chi connectivity index (χ1v) is 12.2. The maximum atomic E-state index is 11.7. The fraction of sp³-hybridized carbons (Fsp3) is 0.250. The molecule has 9 heteroatoms. The minimum atomic E-state index is -0.990. The molecule has 186 valence electrons. The number of fused-ring (bicyclic) bond motifs is 1. The Bertz CT molecular complexity index is 1490. The van der Waals surface area contributed by atoms with Gasteiger partial charge in [0.15, 0.2) is 11.5 Å². The van der Waals surface area contributed by atoms with E-state index < -0.39 is 5.97 Å². The number of nitrogens with zero attached hydrogens (tertiary/aromatic N) is 6. The Morgan fingerprint density at radius 1 is 1.08 bits per heavy atom. The van der Waals surface area contributed by atoms with Crippen LogP contribution in [0.5, 0.6) is 0 Å². The molecular formula is C28H27N7O2. The van der Waals surface area contributed by atoms with E-state index in [4.69, 9.17) is 9.97 Å². The van der Waals surface area contributed by atoms with E-state index in [9.17, 15) is 15.2 Å². The number of aryl methyl sites for hydroxylation is 1. The summed E-state index contributed by atoms with van der Waals surface area (Å²) in [5.74, 6) is -0.417. The van der Waals surface area contributed by atoms with E-state index in [1.807, 2.05) is 44.3 Å². The van der Waals surface area contributed by atoms with Gasteiger partial charge in [-0.1, -0.05) is 18.2 Å². The lowest BCUT2D eigenvalue weighted by molar-refractivity contribution is 0.0698. The lowest BCUT2D eigenvalue weighted by atomic mass is 10.0. The van der Waals surface area contributed by atoms with Gasteiger partial charge >= 0.3 is 5.97 Å². The van der Waals surface area contributed by atoms with Gasteiger partial charge in [-0.15, -0.1) is 0 Å². The monoisotopic (exact) mass is 493 g/mol. The van der Waals surface area contributed by atoms with Crippen molar-refractivity contribution in [2.45, 2.75) is 19.9 Å². The molecule has 0 amide bonds. The molecule has 2 aromatic heterocycles. The summed E-state index contributed by atoms with van der Waals surface area (Å²) in [4.78, 5) is 30.0. The van der Waals surface area contributed by atoms with E-state index in [0.717, 1.165) is 29.9 Å². The quantitative estimate of drug-likeness (QED) is 0.403. The smallest absolute Gasteiger partial charge is 0.337 e. The number of para-hydroxylation sites is 1. The molecule has 0 radical (unpaired) electrons. The van der Waals surface area contributed by atoms with Crippen LogP contribution < -0.4 is 15.1 Å². The Balaban J connectivity index is 1.48. The minimum absolute atomic E-state index is 0.205. The molecule has 0 saturated carbocycles. The van der Waals surface area contributed by atoms with Crippen molar-refractivity contribution in [1.82, 2.24) is 15.0 Å². The zero-order valence-electron chi connectivity index (χ0n) is 20.7. The summed E-state index contributed by atoms with van der Waals surface area (Å²) in [6.45, 7) is 6.90. The highest BCUT2D eigenvalue weighted by molar-refractivity contribution is 5.94. The SMILES string of the molecule is Cc1cc([C@@H](C)Nc2ccccc2C(=O)O)c2nc(N3CCN(c4cccnc4)CC3)c(C#N)nc2c1. The molecule has 37 heavy (non-hydrogen) atoms. The van der Waals surface area contributed by atoms with Crippen LogP contribution in [0.3, 0.4) is 0 Å². The van der Waals surface area contributed by atoms with Crippen LogP contribution in [0.25, 0.3) is 11.0 Å². The Morgan fingerprint density at radius 3 is 2.54 bits per heavy atom. The molecule has 1 saturated heterocycles. The second kappa shape index (κ2) is 10.1. The third kappa shape index (κ3) is 4.86. The van der Waals surface area contributed by atoms with Gasteiger partial charge in [-0.25, -0.2) is 14.8 Å². The van der Waals surface area contributed by atoms with Crippen LogP contribution in [0.1, 0.15) is 40.1 Å². The highest BCUT2D eigenvalue weighted by Crippen LogP contribution is 2.31. The topological polar surface area (TPSA) is 118 Å². The molecule has 9 nitrogen and oxygen atoms in total. The second-order valence-electron chi connectivity index (χ2n) is 9.13. The fourth-order valence-electron chi connectivity index (χ4n) is 4.77. The molecule has 1 aliphatic heterocycles. The predicted molar refractivity (Wildman–Crippen MR) is 143 cm³/mol.